The molecule has 0 unspecified atom stereocenters. The van der Waals surface area contributed by atoms with E-state index in [9.17, 15) is 14.4 Å². The Morgan fingerprint density at radius 1 is 1.39 bits per heavy atom. The van der Waals surface area contributed by atoms with Crippen LogP contribution in [0.3, 0.4) is 0 Å². The third kappa shape index (κ3) is 3.63. The van der Waals surface area contributed by atoms with Crippen molar-refractivity contribution in [1.82, 2.24) is 5.32 Å². The summed E-state index contributed by atoms with van der Waals surface area (Å²) in [6, 6.07) is 3.16. The van der Waals surface area contributed by atoms with Gasteiger partial charge in [0.05, 0.1) is 5.02 Å². The number of nitrogens with one attached hydrogen (secondary N) is 1. The quantitative estimate of drug-likeness (QED) is 0.742. The molecule has 0 atom stereocenters. The van der Waals surface area contributed by atoms with Crippen LogP contribution in [-0.4, -0.2) is 29.6 Å². The van der Waals surface area contributed by atoms with Crippen LogP contribution in [0.5, 0.6) is 5.75 Å². The van der Waals surface area contributed by atoms with Gasteiger partial charge < -0.3 is 15.6 Å². The number of carbonyl (C=O) groups is 3. The van der Waals surface area contributed by atoms with Gasteiger partial charge in [-0.05, 0) is 12.1 Å². The highest BCUT2D eigenvalue weighted by Gasteiger charge is 2.16. The number of hydrogen-bond acceptors (Lipinski definition) is 4. The van der Waals surface area contributed by atoms with Gasteiger partial charge in [0, 0.05) is 0 Å². The van der Waals surface area contributed by atoms with Crippen molar-refractivity contribution in [2.75, 3.05) is 6.61 Å². The van der Waals surface area contributed by atoms with Crippen LogP contribution in [0, 0.1) is 0 Å². The molecule has 1 aromatic carbocycles. The molecule has 0 saturated heterocycles. The summed E-state index contributed by atoms with van der Waals surface area (Å²) in [4.78, 5) is 32.4. The monoisotopic (exact) mass is 272 g/mol. The second-order valence-corrected chi connectivity index (χ2v) is 3.53. The second kappa shape index (κ2) is 5.87. The van der Waals surface area contributed by atoms with Crippen molar-refractivity contribution in [3.63, 3.8) is 0 Å². The van der Waals surface area contributed by atoms with E-state index >= 15 is 0 Å². The first-order valence-electron chi connectivity index (χ1n) is 4.65. The highest BCUT2D eigenvalue weighted by atomic mass is 35.5. The van der Waals surface area contributed by atoms with Crippen LogP contribution in [0.25, 0.3) is 0 Å². The molecular formula is C10H9ClN2O5. The molecule has 0 aliphatic rings. The molecule has 0 saturated carbocycles. The number of amides is 3. The van der Waals surface area contributed by atoms with E-state index in [-0.39, 0.29) is 16.3 Å². The molecule has 3 amide bonds. The topological polar surface area (TPSA) is 119 Å². The summed E-state index contributed by atoms with van der Waals surface area (Å²) in [5.41, 5.74) is 4.46. The Labute approximate surface area is 106 Å². The molecule has 1 rings (SSSR count). The van der Waals surface area contributed by atoms with E-state index in [4.69, 9.17) is 27.2 Å². The van der Waals surface area contributed by atoms with Gasteiger partial charge in [-0.3, -0.25) is 10.1 Å². The number of rotatable bonds is 4. The van der Waals surface area contributed by atoms with Crippen molar-refractivity contribution in [1.29, 1.82) is 0 Å². The minimum Gasteiger partial charge on any atom is -0.483 e. The fraction of sp³-hybridized carbons (Fsp3) is 0.100. The predicted molar refractivity (Wildman–Crippen MR) is 61.6 cm³/mol. The molecule has 0 heterocycles. The van der Waals surface area contributed by atoms with Gasteiger partial charge >= 0.3 is 12.0 Å². The number of benzene rings is 1. The van der Waals surface area contributed by atoms with Crippen LogP contribution >= 0.6 is 11.6 Å². The van der Waals surface area contributed by atoms with E-state index in [2.05, 4.69) is 0 Å². The van der Waals surface area contributed by atoms with Gasteiger partial charge in [0.25, 0.3) is 5.91 Å². The van der Waals surface area contributed by atoms with E-state index in [1.165, 1.54) is 18.2 Å². The standard InChI is InChI=1S/C10H9ClN2O5/c11-5-2-1-3-6(8(5)9(15)16)18-4-7(14)13-10(12)17/h1-3H,4H2,(H,15,16)(H3,12,13,14,17). The smallest absolute Gasteiger partial charge is 0.341 e. The van der Waals surface area contributed by atoms with Crippen molar-refractivity contribution in [2.45, 2.75) is 0 Å². The molecule has 4 N–H and O–H groups in total. The Kier molecular flexibility index (Phi) is 4.50. The molecule has 8 heteroatoms. The SMILES string of the molecule is NC(=O)NC(=O)COc1cccc(Cl)c1C(=O)O. The molecule has 96 valence electrons. The maximum atomic E-state index is 11.1. The normalized spacial score (nSPS) is 9.61. The average Bonchev–Trinajstić information content (AvgIpc) is 2.24. The Balaban J connectivity index is 2.79. The lowest BCUT2D eigenvalue weighted by Crippen LogP contribution is -2.38. The van der Waals surface area contributed by atoms with E-state index in [0.29, 0.717) is 0 Å². The highest BCUT2D eigenvalue weighted by molar-refractivity contribution is 6.33. The fourth-order valence-corrected chi connectivity index (χ4v) is 1.40. The number of carbonyl (C=O) groups excluding carboxylic acids is 2. The Hall–Kier alpha value is -2.28. The predicted octanol–water partition coefficient (Wildman–Crippen LogP) is 0.612. The van der Waals surface area contributed by atoms with Crippen LogP contribution in [0.2, 0.25) is 5.02 Å². The van der Waals surface area contributed by atoms with Crippen molar-refractivity contribution < 1.29 is 24.2 Å². The minimum atomic E-state index is -1.29. The summed E-state index contributed by atoms with van der Waals surface area (Å²) in [6.45, 7) is -0.552. The first-order chi connectivity index (χ1) is 8.41. The number of imide groups is 1. The molecule has 0 fully saturated rings. The molecule has 0 spiro atoms. The van der Waals surface area contributed by atoms with Gasteiger partial charge in [0.2, 0.25) is 0 Å². The van der Waals surface area contributed by atoms with Gasteiger partial charge in [0.1, 0.15) is 11.3 Å². The van der Waals surface area contributed by atoms with Crippen LogP contribution in [0.4, 0.5) is 4.79 Å². The number of hydrogen-bond donors (Lipinski definition) is 3. The molecular weight excluding hydrogens is 264 g/mol. The van der Waals surface area contributed by atoms with Gasteiger partial charge in [-0.1, -0.05) is 17.7 Å². The van der Waals surface area contributed by atoms with E-state index in [0.717, 1.165) is 0 Å². The van der Waals surface area contributed by atoms with Crippen LogP contribution < -0.4 is 15.8 Å². The average molecular weight is 273 g/mol. The first-order valence-corrected chi connectivity index (χ1v) is 5.03. The maximum absolute atomic E-state index is 11.1. The molecule has 1 aromatic rings. The minimum absolute atomic E-state index is 0.0182. The van der Waals surface area contributed by atoms with E-state index in [1.54, 1.807) is 5.32 Å². The van der Waals surface area contributed by atoms with Crippen molar-refractivity contribution in [3.05, 3.63) is 28.8 Å². The van der Waals surface area contributed by atoms with Gasteiger partial charge in [-0.15, -0.1) is 0 Å². The Morgan fingerprint density at radius 3 is 2.61 bits per heavy atom. The number of nitrogens with two attached hydrogens (primary N) is 1. The zero-order chi connectivity index (χ0) is 13.7. The van der Waals surface area contributed by atoms with Crippen molar-refractivity contribution in [2.24, 2.45) is 5.73 Å². The van der Waals surface area contributed by atoms with Crippen molar-refractivity contribution in [3.8, 4) is 5.75 Å². The highest BCUT2D eigenvalue weighted by Crippen LogP contribution is 2.26. The third-order valence-electron chi connectivity index (χ3n) is 1.81. The largest absolute Gasteiger partial charge is 0.483 e. The van der Waals surface area contributed by atoms with Gasteiger partial charge in [-0.25, -0.2) is 9.59 Å². The summed E-state index contributed by atoms with van der Waals surface area (Å²) in [5.74, 6) is -2.15. The summed E-state index contributed by atoms with van der Waals surface area (Å²) >= 11 is 5.69. The zero-order valence-corrected chi connectivity index (χ0v) is 9.73. The van der Waals surface area contributed by atoms with Crippen LogP contribution in [0.1, 0.15) is 10.4 Å². The Bertz CT molecular complexity index is 503. The van der Waals surface area contributed by atoms with Crippen LogP contribution in [0.15, 0.2) is 18.2 Å². The number of halogens is 1. The molecule has 18 heavy (non-hydrogen) atoms. The molecule has 0 aromatic heterocycles. The van der Waals surface area contributed by atoms with Gasteiger partial charge in [-0.2, -0.15) is 0 Å². The molecule has 0 radical (unpaired) electrons. The summed E-state index contributed by atoms with van der Waals surface area (Å²) in [6.07, 6.45) is 0. The lowest BCUT2D eigenvalue weighted by atomic mass is 10.2. The first kappa shape index (κ1) is 13.8. The van der Waals surface area contributed by atoms with E-state index < -0.39 is 24.5 Å². The third-order valence-corrected chi connectivity index (χ3v) is 2.13. The number of aromatic carboxylic acids is 1. The fourth-order valence-electron chi connectivity index (χ4n) is 1.15. The lowest BCUT2D eigenvalue weighted by Gasteiger charge is -2.09. The number of carboxylic acids is 1. The van der Waals surface area contributed by atoms with E-state index in [1.807, 2.05) is 0 Å². The number of primary amides is 1. The number of urea groups is 1. The molecule has 7 nitrogen and oxygen atoms in total. The number of carboxylic acid groups (broad SMARTS) is 1. The molecule has 0 aliphatic heterocycles. The summed E-state index contributed by atoms with van der Waals surface area (Å²) < 4.78 is 4.96. The molecule has 0 bridgehead atoms. The lowest BCUT2D eigenvalue weighted by molar-refractivity contribution is -0.121. The van der Waals surface area contributed by atoms with Crippen molar-refractivity contribution >= 4 is 29.5 Å². The number of ether oxygens (including phenoxy) is 1. The summed E-state index contributed by atoms with van der Waals surface area (Å²) in [7, 11) is 0. The van der Waals surface area contributed by atoms with Gasteiger partial charge in [0.15, 0.2) is 6.61 Å². The second-order valence-electron chi connectivity index (χ2n) is 3.12. The summed E-state index contributed by atoms with van der Waals surface area (Å²) in [5, 5.41) is 10.7. The zero-order valence-electron chi connectivity index (χ0n) is 8.97. The van der Waals surface area contributed by atoms with Crippen LogP contribution in [-0.2, 0) is 4.79 Å². The Morgan fingerprint density at radius 2 is 2.06 bits per heavy atom. The molecule has 0 aliphatic carbocycles. The maximum Gasteiger partial charge on any atom is 0.341 e.